The number of likely N-dealkylation sites (N-methyl/N-ethyl adjacent to an activating group) is 1. The zero-order chi connectivity index (χ0) is 15.9. The van der Waals surface area contributed by atoms with Gasteiger partial charge in [-0.1, -0.05) is 19.1 Å². The van der Waals surface area contributed by atoms with Gasteiger partial charge in [-0.2, -0.15) is 0 Å². The SMILES string of the molecule is CCCNS(=O)(=O)c1ccccc1NCCN(C)C(C)C. The summed E-state index contributed by atoms with van der Waals surface area (Å²) >= 11 is 0. The van der Waals surface area contributed by atoms with Crippen LogP contribution in [0.5, 0.6) is 0 Å². The highest BCUT2D eigenvalue weighted by atomic mass is 32.2. The van der Waals surface area contributed by atoms with E-state index in [9.17, 15) is 8.42 Å². The topological polar surface area (TPSA) is 61.4 Å². The van der Waals surface area contributed by atoms with Crippen LogP contribution in [0, 0.1) is 0 Å². The fourth-order valence-corrected chi connectivity index (χ4v) is 3.10. The minimum absolute atomic E-state index is 0.311. The van der Waals surface area contributed by atoms with Crippen molar-refractivity contribution < 1.29 is 8.42 Å². The third-order valence-corrected chi connectivity index (χ3v) is 4.90. The Morgan fingerprint density at radius 3 is 2.48 bits per heavy atom. The van der Waals surface area contributed by atoms with E-state index < -0.39 is 10.0 Å². The van der Waals surface area contributed by atoms with Crippen LogP contribution in [0.3, 0.4) is 0 Å². The first kappa shape index (κ1) is 17.9. The number of sulfonamides is 1. The summed E-state index contributed by atoms with van der Waals surface area (Å²) in [6, 6.07) is 7.48. The predicted octanol–water partition coefficient (Wildman–Crippen LogP) is 2.13. The Labute approximate surface area is 128 Å². The Kier molecular flexibility index (Phi) is 7.14. The minimum atomic E-state index is -3.45. The van der Waals surface area contributed by atoms with Crippen molar-refractivity contribution in [3.8, 4) is 0 Å². The molecule has 6 heteroatoms. The molecule has 0 amide bonds. The van der Waals surface area contributed by atoms with Gasteiger partial charge >= 0.3 is 0 Å². The van der Waals surface area contributed by atoms with Gasteiger partial charge in [0.25, 0.3) is 0 Å². The summed E-state index contributed by atoms with van der Waals surface area (Å²) in [5, 5.41) is 3.22. The van der Waals surface area contributed by atoms with Crippen LogP contribution in [0.1, 0.15) is 27.2 Å². The number of hydrogen-bond acceptors (Lipinski definition) is 4. The summed E-state index contributed by atoms with van der Waals surface area (Å²) in [6.07, 6.45) is 0.772. The summed E-state index contributed by atoms with van der Waals surface area (Å²) in [4.78, 5) is 2.52. The second kappa shape index (κ2) is 8.36. The zero-order valence-electron chi connectivity index (χ0n) is 13.4. The van der Waals surface area contributed by atoms with Gasteiger partial charge in [0.05, 0.1) is 5.69 Å². The van der Waals surface area contributed by atoms with Crippen LogP contribution in [0.15, 0.2) is 29.2 Å². The number of nitrogens with one attached hydrogen (secondary N) is 2. The summed E-state index contributed by atoms with van der Waals surface area (Å²) in [5.74, 6) is 0. The summed E-state index contributed by atoms with van der Waals surface area (Å²) in [5.41, 5.74) is 0.651. The van der Waals surface area contributed by atoms with Gasteiger partial charge in [-0.25, -0.2) is 13.1 Å². The molecular formula is C15H27N3O2S. The number of hydrogen-bond donors (Lipinski definition) is 2. The highest BCUT2D eigenvalue weighted by Crippen LogP contribution is 2.20. The molecule has 21 heavy (non-hydrogen) atoms. The molecule has 1 aromatic rings. The van der Waals surface area contributed by atoms with Crippen LogP contribution in [-0.2, 0) is 10.0 Å². The average molecular weight is 313 g/mol. The van der Waals surface area contributed by atoms with Crippen LogP contribution in [0.2, 0.25) is 0 Å². The van der Waals surface area contributed by atoms with E-state index in [0.29, 0.717) is 29.7 Å². The molecule has 2 N–H and O–H groups in total. The maximum absolute atomic E-state index is 12.3. The van der Waals surface area contributed by atoms with Crippen LogP contribution in [-0.4, -0.2) is 46.0 Å². The second-order valence-electron chi connectivity index (χ2n) is 5.40. The van der Waals surface area contributed by atoms with Crippen LogP contribution in [0.25, 0.3) is 0 Å². The van der Waals surface area contributed by atoms with Gasteiger partial charge in [-0.15, -0.1) is 0 Å². The van der Waals surface area contributed by atoms with Gasteiger partial charge in [0.2, 0.25) is 10.0 Å². The van der Waals surface area contributed by atoms with Gasteiger partial charge < -0.3 is 10.2 Å². The normalized spacial score (nSPS) is 12.1. The standard InChI is InChI=1S/C15H27N3O2S/c1-5-10-17-21(19,20)15-9-7-6-8-14(15)16-11-12-18(4)13(2)3/h6-9,13,16-17H,5,10-12H2,1-4H3. The van der Waals surface area contributed by atoms with Crippen molar-refractivity contribution in [3.63, 3.8) is 0 Å². The zero-order valence-corrected chi connectivity index (χ0v) is 14.2. The van der Waals surface area contributed by atoms with Gasteiger partial charge in [-0.3, -0.25) is 0 Å². The largest absolute Gasteiger partial charge is 0.383 e. The van der Waals surface area contributed by atoms with Gasteiger partial charge in [0.1, 0.15) is 4.90 Å². The lowest BCUT2D eigenvalue weighted by Crippen LogP contribution is -2.31. The molecule has 0 aliphatic rings. The fourth-order valence-electron chi connectivity index (χ4n) is 1.79. The molecule has 120 valence electrons. The van der Waals surface area contributed by atoms with Crippen molar-refractivity contribution in [2.45, 2.75) is 38.1 Å². The quantitative estimate of drug-likeness (QED) is 0.733. The van der Waals surface area contributed by atoms with E-state index in [-0.39, 0.29) is 0 Å². The minimum Gasteiger partial charge on any atom is -0.383 e. The maximum Gasteiger partial charge on any atom is 0.242 e. The summed E-state index contributed by atoms with van der Waals surface area (Å²) in [6.45, 7) is 8.21. The average Bonchev–Trinajstić information content (AvgIpc) is 2.45. The van der Waals surface area contributed by atoms with E-state index in [2.05, 4.69) is 35.8 Å². The molecule has 0 radical (unpaired) electrons. The second-order valence-corrected chi connectivity index (χ2v) is 7.13. The number of benzene rings is 1. The first-order valence-corrected chi connectivity index (χ1v) is 8.89. The Hall–Kier alpha value is -1.11. The first-order chi connectivity index (χ1) is 9.88. The molecule has 1 rings (SSSR count). The van der Waals surface area contributed by atoms with E-state index in [1.54, 1.807) is 18.2 Å². The number of anilines is 1. The Balaban J connectivity index is 2.76. The molecule has 0 atom stereocenters. The molecule has 1 aromatic carbocycles. The molecular weight excluding hydrogens is 286 g/mol. The lowest BCUT2D eigenvalue weighted by molar-refractivity contribution is 0.284. The van der Waals surface area contributed by atoms with Crippen LogP contribution >= 0.6 is 0 Å². The van der Waals surface area contributed by atoms with Crippen molar-refractivity contribution in [3.05, 3.63) is 24.3 Å². The van der Waals surface area contributed by atoms with Gasteiger partial charge in [0, 0.05) is 25.7 Å². The van der Waals surface area contributed by atoms with Gasteiger partial charge in [0.15, 0.2) is 0 Å². The molecule has 0 spiro atoms. The van der Waals surface area contributed by atoms with E-state index in [4.69, 9.17) is 0 Å². The molecule has 5 nitrogen and oxygen atoms in total. The Bertz CT molecular complexity index is 529. The summed E-state index contributed by atoms with van der Waals surface area (Å²) < 4.78 is 27.1. The summed E-state index contributed by atoms with van der Waals surface area (Å²) in [7, 11) is -1.39. The molecule has 0 heterocycles. The maximum atomic E-state index is 12.3. The van der Waals surface area contributed by atoms with Crippen molar-refractivity contribution in [2.24, 2.45) is 0 Å². The predicted molar refractivity (Wildman–Crippen MR) is 88.2 cm³/mol. The molecule has 0 aliphatic heterocycles. The highest BCUT2D eigenvalue weighted by Gasteiger charge is 2.17. The lowest BCUT2D eigenvalue weighted by atomic mass is 10.3. The Morgan fingerprint density at radius 2 is 1.86 bits per heavy atom. The molecule has 0 saturated carbocycles. The first-order valence-electron chi connectivity index (χ1n) is 7.41. The molecule has 0 bridgehead atoms. The van der Waals surface area contributed by atoms with E-state index in [1.165, 1.54) is 0 Å². The molecule has 0 unspecified atom stereocenters. The number of nitrogens with zero attached hydrogens (tertiary/aromatic N) is 1. The molecule has 0 aromatic heterocycles. The van der Waals surface area contributed by atoms with E-state index in [0.717, 1.165) is 13.0 Å². The van der Waals surface area contributed by atoms with E-state index >= 15 is 0 Å². The van der Waals surface area contributed by atoms with Crippen LogP contribution < -0.4 is 10.0 Å². The van der Waals surface area contributed by atoms with Crippen LogP contribution in [0.4, 0.5) is 5.69 Å². The number of rotatable bonds is 9. The van der Waals surface area contributed by atoms with Crippen molar-refractivity contribution in [1.29, 1.82) is 0 Å². The van der Waals surface area contributed by atoms with Crippen molar-refractivity contribution in [2.75, 3.05) is 32.0 Å². The van der Waals surface area contributed by atoms with Gasteiger partial charge in [-0.05, 0) is 39.4 Å². The third kappa shape index (κ3) is 5.65. The highest BCUT2D eigenvalue weighted by molar-refractivity contribution is 7.89. The molecule has 0 saturated heterocycles. The smallest absolute Gasteiger partial charge is 0.242 e. The van der Waals surface area contributed by atoms with E-state index in [1.807, 2.05) is 13.0 Å². The van der Waals surface area contributed by atoms with Crippen molar-refractivity contribution >= 4 is 15.7 Å². The molecule has 0 aliphatic carbocycles. The lowest BCUT2D eigenvalue weighted by Gasteiger charge is -2.21. The number of para-hydroxylation sites is 1. The monoisotopic (exact) mass is 313 g/mol. The fraction of sp³-hybridized carbons (Fsp3) is 0.600. The third-order valence-electron chi connectivity index (χ3n) is 3.38. The molecule has 0 fully saturated rings. The Morgan fingerprint density at radius 1 is 1.19 bits per heavy atom. The van der Waals surface area contributed by atoms with Crippen molar-refractivity contribution in [1.82, 2.24) is 9.62 Å².